The van der Waals surface area contributed by atoms with Crippen LogP contribution in [0.5, 0.6) is 0 Å². The third-order valence-corrected chi connectivity index (χ3v) is 5.37. The van der Waals surface area contributed by atoms with Crippen LogP contribution in [0.4, 0.5) is 4.79 Å². The first-order valence-corrected chi connectivity index (χ1v) is 12.1. The molecule has 8 nitrogen and oxygen atoms in total. The number of hydrogen-bond acceptors (Lipinski definition) is 5. The molecule has 2 amide bonds. The predicted octanol–water partition coefficient (Wildman–Crippen LogP) is 4.42. The van der Waals surface area contributed by atoms with E-state index in [0.717, 1.165) is 43.0 Å². The minimum Gasteiger partial charge on any atom is -0.444 e. The standard InChI is InChI=1S/C26H40N4O4/c1-7-17-30(28(5)6)24(32)21-12-14-22-20(19-21)13-15-23(31)29(22)18-11-9-8-10-16-27-25(33)34-26(2,3)4/h12-15,19H,7-11,16-18H2,1-6H3,(H,27,33). The molecule has 0 saturated heterocycles. The molecule has 188 valence electrons. The van der Waals surface area contributed by atoms with Crippen LogP contribution in [0.3, 0.4) is 0 Å². The number of pyridine rings is 1. The Kier molecular flexibility index (Phi) is 10.1. The molecule has 1 heterocycles. The lowest BCUT2D eigenvalue weighted by Crippen LogP contribution is -2.42. The monoisotopic (exact) mass is 472 g/mol. The highest BCUT2D eigenvalue weighted by Crippen LogP contribution is 2.17. The molecule has 0 unspecified atom stereocenters. The number of carbonyl (C=O) groups excluding carboxylic acids is 2. The van der Waals surface area contributed by atoms with Gasteiger partial charge in [0.05, 0.1) is 5.52 Å². The summed E-state index contributed by atoms with van der Waals surface area (Å²) >= 11 is 0. The summed E-state index contributed by atoms with van der Waals surface area (Å²) in [6, 6.07) is 8.88. The summed E-state index contributed by atoms with van der Waals surface area (Å²) in [7, 11) is 3.72. The maximum Gasteiger partial charge on any atom is 0.407 e. The number of ether oxygens (including phenoxy) is 1. The van der Waals surface area contributed by atoms with E-state index < -0.39 is 11.7 Å². The number of hydrazine groups is 1. The van der Waals surface area contributed by atoms with Gasteiger partial charge >= 0.3 is 6.09 Å². The molecule has 0 atom stereocenters. The van der Waals surface area contributed by atoms with Gasteiger partial charge in [-0.1, -0.05) is 19.8 Å². The van der Waals surface area contributed by atoms with E-state index in [1.54, 1.807) is 32.8 Å². The van der Waals surface area contributed by atoms with Crippen molar-refractivity contribution in [3.63, 3.8) is 0 Å². The first-order chi connectivity index (χ1) is 16.0. The Labute approximate surface area is 202 Å². The fourth-order valence-corrected chi connectivity index (χ4v) is 3.76. The smallest absolute Gasteiger partial charge is 0.407 e. The molecule has 0 aliphatic rings. The fraction of sp³-hybridized carbons (Fsp3) is 0.577. The van der Waals surface area contributed by atoms with E-state index in [-0.39, 0.29) is 11.5 Å². The Morgan fingerprint density at radius 2 is 1.74 bits per heavy atom. The number of unbranched alkanes of at least 4 members (excludes halogenated alkanes) is 3. The quantitative estimate of drug-likeness (QED) is 0.387. The molecule has 1 aromatic carbocycles. The van der Waals surface area contributed by atoms with Gasteiger partial charge < -0.3 is 14.6 Å². The molecular formula is C26H40N4O4. The molecule has 0 saturated carbocycles. The number of alkyl carbamates (subject to hydrolysis) is 1. The Morgan fingerprint density at radius 1 is 1.03 bits per heavy atom. The summed E-state index contributed by atoms with van der Waals surface area (Å²) in [5, 5.41) is 7.17. The molecule has 1 N–H and O–H groups in total. The summed E-state index contributed by atoms with van der Waals surface area (Å²) in [4.78, 5) is 37.1. The van der Waals surface area contributed by atoms with Crippen LogP contribution in [0.2, 0.25) is 0 Å². The average Bonchev–Trinajstić information content (AvgIpc) is 2.75. The van der Waals surface area contributed by atoms with Crippen LogP contribution in [0.15, 0.2) is 35.1 Å². The zero-order valence-electron chi connectivity index (χ0n) is 21.5. The van der Waals surface area contributed by atoms with Gasteiger partial charge in [0.1, 0.15) is 5.60 Å². The average molecular weight is 473 g/mol. The van der Waals surface area contributed by atoms with Crippen molar-refractivity contribution in [1.29, 1.82) is 0 Å². The van der Waals surface area contributed by atoms with Crippen LogP contribution in [0, 0.1) is 0 Å². The topological polar surface area (TPSA) is 83.9 Å². The van der Waals surface area contributed by atoms with E-state index in [9.17, 15) is 14.4 Å². The van der Waals surface area contributed by atoms with E-state index in [1.807, 2.05) is 53.9 Å². The predicted molar refractivity (Wildman–Crippen MR) is 136 cm³/mol. The van der Waals surface area contributed by atoms with Crippen LogP contribution in [0.1, 0.15) is 70.2 Å². The number of hydrogen-bond donors (Lipinski definition) is 1. The molecule has 1 aromatic heterocycles. The number of nitrogens with one attached hydrogen (secondary N) is 1. The summed E-state index contributed by atoms with van der Waals surface area (Å²) in [5.74, 6) is -0.0495. The van der Waals surface area contributed by atoms with Crippen molar-refractivity contribution in [2.45, 2.75) is 71.9 Å². The minimum atomic E-state index is -0.495. The van der Waals surface area contributed by atoms with Crippen molar-refractivity contribution >= 4 is 22.9 Å². The number of rotatable bonds is 11. The van der Waals surface area contributed by atoms with Crippen molar-refractivity contribution in [2.75, 3.05) is 27.2 Å². The van der Waals surface area contributed by atoms with Crippen molar-refractivity contribution in [3.05, 3.63) is 46.2 Å². The molecule has 0 fully saturated rings. The maximum atomic E-state index is 13.0. The van der Waals surface area contributed by atoms with Gasteiger partial charge in [0, 0.05) is 45.4 Å². The first-order valence-electron chi connectivity index (χ1n) is 12.1. The minimum absolute atomic E-state index is 0.0425. The summed E-state index contributed by atoms with van der Waals surface area (Å²) in [6.07, 6.45) is 4.09. The van der Waals surface area contributed by atoms with E-state index in [1.165, 1.54) is 0 Å². The van der Waals surface area contributed by atoms with Crippen LogP contribution in [-0.2, 0) is 11.3 Å². The number of amides is 2. The van der Waals surface area contributed by atoms with Crippen molar-refractivity contribution in [3.8, 4) is 0 Å². The molecule has 34 heavy (non-hydrogen) atoms. The van der Waals surface area contributed by atoms with E-state index in [2.05, 4.69) is 5.32 Å². The zero-order valence-corrected chi connectivity index (χ0v) is 21.5. The number of fused-ring (bicyclic) bond motifs is 1. The van der Waals surface area contributed by atoms with Gasteiger partial charge in [0.25, 0.3) is 11.5 Å². The van der Waals surface area contributed by atoms with Crippen molar-refractivity contribution < 1.29 is 14.3 Å². The van der Waals surface area contributed by atoms with Gasteiger partial charge in [-0.05, 0) is 69.7 Å². The Balaban J connectivity index is 1.94. The molecule has 8 heteroatoms. The lowest BCUT2D eigenvalue weighted by Gasteiger charge is -2.28. The second-order valence-electron chi connectivity index (χ2n) is 9.72. The zero-order chi connectivity index (χ0) is 25.3. The lowest BCUT2D eigenvalue weighted by molar-refractivity contribution is 0.0201. The van der Waals surface area contributed by atoms with E-state index in [0.29, 0.717) is 25.2 Å². The number of aryl methyl sites for hydroxylation is 1. The van der Waals surface area contributed by atoms with Gasteiger partial charge in [-0.3, -0.25) is 14.6 Å². The van der Waals surface area contributed by atoms with Crippen LogP contribution in [-0.4, -0.2) is 59.4 Å². The largest absolute Gasteiger partial charge is 0.444 e. The highest BCUT2D eigenvalue weighted by atomic mass is 16.6. The van der Waals surface area contributed by atoms with Crippen molar-refractivity contribution in [2.24, 2.45) is 0 Å². The van der Waals surface area contributed by atoms with Crippen LogP contribution in [0.25, 0.3) is 10.9 Å². The maximum absolute atomic E-state index is 13.0. The van der Waals surface area contributed by atoms with Gasteiger partial charge in [0.2, 0.25) is 0 Å². The molecule has 2 rings (SSSR count). The molecule has 0 bridgehead atoms. The number of nitrogens with zero attached hydrogens (tertiary/aromatic N) is 3. The van der Waals surface area contributed by atoms with E-state index in [4.69, 9.17) is 4.74 Å². The molecule has 0 radical (unpaired) electrons. The lowest BCUT2D eigenvalue weighted by atomic mass is 10.1. The molecule has 0 aliphatic carbocycles. The number of benzene rings is 1. The second-order valence-corrected chi connectivity index (χ2v) is 9.72. The highest BCUT2D eigenvalue weighted by Gasteiger charge is 2.18. The molecule has 0 spiro atoms. The Bertz CT molecular complexity index is 1020. The van der Waals surface area contributed by atoms with E-state index >= 15 is 0 Å². The normalized spacial score (nSPS) is 11.6. The Hall–Kier alpha value is -2.87. The first kappa shape index (κ1) is 27.4. The molecule has 2 aromatic rings. The van der Waals surface area contributed by atoms with Crippen LogP contribution < -0.4 is 10.9 Å². The summed E-state index contributed by atoms with van der Waals surface area (Å²) in [5.41, 5.74) is 0.907. The molecular weight excluding hydrogens is 432 g/mol. The second kappa shape index (κ2) is 12.6. The fourth-order valence-electron chi connectivity index (χ4n) is 3.76. The summed E-state index contributed by atoms with van der Waals surface area (Å²) < 4.78 is 7.00. The van der Waals surface area contributed by atoms with Crippen molar-refractivity contribution in [1.82, 2.24) is 19.9 Å². The van der Waals surface area contributed by atoms with Gasteiger partial charge in [-0.2, -0.15) is 0 Å². The SMILES string of the molecule is CCCN(C(=O)c1ccc2c(ccc(=O)n2CCCCCCNC(=O)OC(C)(C)C)c1)N(C)C. The van der Waals surface area contributed by atoms with Gasteiger partial charge in [-0.15, -0.1) is 0 Å². The van der Waals surface area contributed by atoms with Gasteiger partial charge in [-0.25, -0.2) is 9.80 Å². The third-order valence-electron chi connectivity index (χ3n) is 5.37. The third kappa shape index (κ3) is 8.17. The number of aromatic nitrogens is 1. The highest BCUT2D eigenvalue weighted by molar-refractivity contribution is 5.97. The van der Waals surface area contributed by atoms with Crippen LogP contribution >= 0.6 is 0 Å². The molecule has 0 aliphatic heterocycles. The summed E-state index contributed by atoms with van der Waals surface area (Å²) in [6.45, 7) is 9.39. The Morgan fingerprint density at radius 3 is 2.38 bits per heavy atom. The van der Waals surface area contributed by atoms with Gasteiger partial charge in [0.15, 0.2) is 0 Å². The number of carbonyl (C=O) groups is 2.